The first kappa shape index (κ1) is 34.6. The van der Waals surface area contributed by atoms with Gasteiger partial charge >= 0.3 is 24.0 Å². The summed E-state index contributed by atoms with van der Waals surface area (Å²) in [5.41, 5.74) is -0.293. The molecule has 2 aromatic rings. The number of aryl methyl sites for hydroxylation is 1. The molecule has 0 radical (unpaired) electrons. The van der Waals surface area contributed by atoms with Crippen molar-refractivity contribution in [2.75, 3.05) is 32.8 Å². The van der Waals surface area contributed by atoms with Crippen LogP contribution in [0, 0.1) is 18.8 Å². The first-order valence-electron chi connectivity index (χ1n) is 13.6. The van der Waals surface area contributed by atoms with Gasteiger partial charge in [-0.15, -0.1) is 0 Å². The van der Waals surface area contributed by atoms with Crippen LogP contribution >= 0.6 is 0 Å². The molecule has 0 saturated heterocycles. The molecule has 0 bridgehead atoms. The molecule has 2 N–H and O–H groups in total. The minimum atomic E-state index is -4.37. The summed E-state index contributed by atoms with van der Waals surface area (Å²) in [6.45, 7) is 3.46. The van der Waals surface area contributed by atoms with E-state index in [0.717, 1.165) is 24.9 Å². The molecule has 16 nitrogen and oxygen atoms in total. The number of hydrogen-bond acceptors (Lipinski definition) is 14. The Balaban J connectivity index is 0.000000265. The smallest absolute Gasteiger partial charge is 0.339 e. The van der Waals surface area contributed by atoms with E-state index in [1.54, 1.807) is 13.8 Å². The third kappa shape index (κ3) is 8.59. The zero-order valence-electron chi connectivity index (χ0n) is 25.2. The van der Waals surface area contributed by atoms with Gasteiger partial charge in [-0.25, -0.2) is 22.7 Å². The number of ether oxygens (including phenoxy) is 3. The number of nitrogens with one attached hydrogen (secondary N) is 1. The molecule has 1 heterocycles. The number of sulfonamides is 1. The predicted octanol–water partition coefficient (Wildman–Crippen LogP) is 1.83. The van der Waals surface area contributed by atoms with Crippen molar-refractivity contribution in [3.63, 3.8) is 0 Å². The van der Waals surface area contributed by atoms with Crippen molar-refractivity contribution in [1.82, 2.24) is 19.7 Å². The summed E-state index contributed by atoms with van der Waals surface area (Å²) >= 11 is 0. The summed E-state index contributed by atoms with van der Waals surface area (Å²) in [6.07, 6.45) is 1.54. The van der Waals surface area contributed by atoms with E-state index in [2.05, 4.69) is 19.7 Å². The summed E-state index contributed by atoms with van der Waals surface area (Å²) in [5.74, 6) is -2.88. The van der Waals surface area contributed by atoms with Crippen LogP contribution in [0.4, 0.5) is 10.7 Å². The SMILES string of the molecule is CCOC(=O)C1CC(=O)C(=C(O)C2CC2)C(=O)C1.COC(=O)c1ccccc1S(=O)(=O)NC(=O)N(C)c1nc(C)nc(OC)n1. The summed E-state index contributed by atoms with van der Waals surface area (Å²) < 4.78 is 41.3. The van der Waals surface area contributed by atoms with Crippen molar-refractivity contribution < 1.29 is 51.7 Å². The highest BCUT2D eigenvalue weighted by Gasteiger charge is 2.40. The van der Waals surface area contributed by atoms with Gasteiger partial charge in [0.2, 0.25) is 5.95 Å². The number of carbonyl (C=O) groups excluding carboxylic acids is 5. The molecular formula is C28H33N5O11S. The topological polar surface area (TPSA) is 221 Å². The van der Waals surface area contributed by atoms with Crippen molar-refractivity contribution in [3.05, 3.63) is 47.0 Å². The highest BCUT2D eigenvalue weighted by Crippen LogP contribution is 2.38. The Kier molecular flexibility index (Phi) is 11.3. The van der Waals surface area contributed by atoms with Gasteiger partial charge < -0.3 is 19.3 Å². The van der Waals surface area contributed by atoms with Crippen molar-refractivity contribution >= 4 is 45.5 Å². The monoisotopic (exact) mass is 647 g/mol. The number of rotatable bonds is 8. The van der Waals surface area contributed by atoms with Crippen LogP contribution in [0.3, 0.4) is 0 Å². The van der Waals surface area contributed by atoms with Crippen molar-refractivity contribution in [3.8, 4) is 6.01 Å². The third-order valence-electron chi connectivity index (χ3n) is 6.57. The predicted molar refractivity (Wildman–Crippen MR) is 155 cm³/mol. The van der Waals surface area contributed by atoms with Gasteiger partial charge in [-0.2, -0.15) is 15.0 Å². The van der Waals surface area contributed by atoms with Gasteiger partial charge in [-0.05, 0) is 38.8 Å². The molecule has 1 aromatic heterocycles. The van der Waals surface area contributed by atoms with Gasteiger partial charge in [0.05, 0.1) is 37.9 Å². The van der Waals surface area contributed by atoms with Crippen molar-refractivity contribution in [2.24, 2.45) is 11.8 Å². The Labute approximate surface area is 258 Å². The number of benzene rings is 1. The lowest BCUT2D eigenvalue weighted by Crippen LogP contribution is -2.42. The minimum absolute atomic E-state index is 0.0314. The highest BCUT2D eigenvalue weighted by atomic mass is 32.2. The Morgan fingerprint density at radius 2 is 1.64 bits per heavy atom. The van der Waals surface area contributed by atoms with Crippen LogP contribution in [-0.4, -0.2) is 85.9 Å². The fourth-order valence-electron chi connectivity index (χ4n) is 4.15. The van der Waals surface area contributed by atoms with Gasteiger partial charge in [0.25, 0.3) is 10.0 Å². The average Bonchev–Trinajstić information content (AvgIpc) is 3.85. The first-order chi connectivity index (χ1) is 21.2. The van der Waals surface area contributed by atoms with E-state index in [0.29, 0.717) is 0 Å². The number of ketones is 2. The molecule has 0 unspecified atom stereocenters. The van der Waals surface area contributed by atoms with Crippen LogP contribution in [0.5, 0.6) is 6.01 Å². The molecule has 2 amide bonds. The van der Waals surface area contributed by atoms with Crippen LogP contribution in [0.1, 0.15) is 48.8 Å². The number of nitrogens with zero attached hydrogens (tertiary/aromatic N) is 4. The van der Waals surface area contributed by atoms with Crippen molar-refractivity contribution in [2.45, 2.75) is 44.4 Å². The van der Waals surface area contributed by atoms with Crippen molar-refractivity contribution in [1.29, 1.82) is 0 Å². The van der Waals surface area contributed by atoms with Gasteiger partial charge in [0.1, 0.15) is 16.5 Å². The van der Waals surface area contributed by atoms with Crippen LogP contribution in [0.25, 0.3) is 0 Å². The van der Waals surface area contributed by atoms with Crippen LogP contribution < -0.4 is 14.4 Å². The number of aliphatic hydroxyl groups is 1. The maximum Gasteiger partial charge on any atom is 0.339 e. The molecule has 17 heteroatoms. The Morgan fingerprint density at radius 1 is 1.02 bits per heavy atom. The Morgan fingerprint density at radius 3 is 2.20 bits per heavy atom. The minimum Gasteiger partial charge on any atom is -0.511 e. The molecule has 2 fully saturated rings. The Hall–Kier alpha value is -4.93. The highest BCUT2D eigenvalue weighted by molar-refractivity contribution is 7.90. The normalized spacial score (nSPS) is 16.1. The summed E-state index contributed by atoms with van der Waals surface area (Å²) in [6, 6.07) is 4.26. The zero-order valence-corrected chi connectivity index (χ0v) is 26.0. The number of aromatic nitrogens is 3. The standard InChI is InChI=1S/C15H17N5O6S.C13H16O5/c1-9-16-13(18-14(17-9)26-4)20(2)15(22)19-27(23,24)11-8-6-5-7-10(11)12(21)25-3;1-2-18-13(17)8-5-9(14)11(10(15)6-8)12(16)7-3-4-7/h5-8H,1-4H3,(H,19,22);7-8,16H,2-6H2,1H3. The lowest BCUT2D eigenvalue weighted by atomic mass is 9.82. The van der Waals surface area contributed by atoms with E-state index in [-0.39, 0.29) is 60.0 Å². The lowest BCUT2D eigenvalue weighted by molar-refractivity contribution is -0.151. The molecular weight excluding hydrogens is 614 g/mol. The second kappa shape index (κ2) is 14.7. The number of hydrogen-bond donors (Lipinski definition) is 2. The molecule has 2 saturated carbocycles. The van der Waals surface area contributed by atoms with Gasteiger partial charge in [-0.1, -0.05) is 12.1 Å². The van der Waals surface area contributed by atoms with E-state index in [1.165, 1.54) is 38.4 Å². The summed E-state index contributed by atoms with van der Waals surface area (Å²) in [4.78, 5) is 71.6. The second-order valence-corrected chi connectivity index (χ2v) is 11.5. The number of urea groups is 1. The number of anilines is 1. The maximum absolute atomic E-state index is 12.6. The molecule has 2 aliphatic rings. The molecule has 0 aliphatic heterocycles. The average molecular weight is 648 g/mol. The zero-order chi connectivity index (χ0) is 33.5. The number of allylic oxidation sites excluding steroid dienone is 2. The quantitative estimate of drug-likeness (QED) is 0.181. The van der Waals surface area contributed by atoms with E-state index < -0.39 is 50.4 Å². The molecule has 0 spiro atoms. The molecule has 4 rings (SSSR count). The number of Topliss-reactive ketones (excluding diaryl/α,β-unsaturated/α-hetero) is 2. The Bertz CT molecular complexity index is 1620. The van der Waals surface area contributed by atoms with E-state index >= 15 is 0 Å². The number of amides is 2. The van der Waals surface area contributed by atoms with Crippen LogP contribution in [0.2, 0.25) is 0 Å². The summed E-state index contributed by atoms with van der Waals surface area (Å²) in [7, 11) is -0.640. The van der Waals surface area contributed by atoms with Gasteiger partial charge in [0.15, 0.2) is 11.6 Å². The van der Waals surface area contributed by atoms with E-state index in [9.17, 15) is 37.5 Å². The fourth-order valence-corrected chi connectivity index (χ4v) is 5.32. The molecule has 0 atom stereocenters. The number of methoxy groups -OCH3 is 2. The number of aliphatic hydroxyl groups excluding tert-OH is 1. The largest absolute Gasteiger partial charge is 0.511 e. The molecule has 45 heavy (non-hydrogen) atoms. The van der Waals surface area contributed by atoms with E-state index in [4.69, 9.17) is 9.47 Å². The van der Waals surface area contributed by atoms with E-state index in [1.807, 2.05) is 4.72 Å². The van der Waals surface area contributed by atoms with Crippen LogP contribution in [-0.2, 0) is 33.9 Å². The summed E-state index contributed by atoms with van der Waals surface area (Å²) in [5, 5.41) is 9.80. The number of carbonyl (C=O) groups is 5. The van der Waals surface area contributed by atoms with Gasteiger partial charge in [-0.3, -0.25) is 19.3 Å². The van der Waals surface area contributed by atoms with Gasteiger partial charge in [0, 0.05) is 25.8 Å². The fraction of sp³-hybridized carbons (Fsp3) is 0.429. The molecule has 1 aromatic carbocycles. The maximum atomic E-state index is 12.6. The number of esters is 2. The molecule has 242 valence electrons. The molecule has 2 aliphatic carbocycles. The third-order valence-corrected chi connectivity index (χ3v) is 7.95. The first-order valence-corrected chi connectivity index (χ1v) is 15.1. The lowest BCUT2D eigenvalue weighted by Gasteiger charge is -2.21. The van der Waals surface area contributed by atoms with Crippen LogP contribution in [0.15, 0.2) is 40.5 Å². The second-order valence-electron chi connectivity index (χ2n) is 9.86.